The summed E-state index contributed by atoms with van der Waals surface area (Å²) in [6.45, 7) is 5.81. The van der Waals surface area contributed by atoms with E-state index in [0.29, 0.717) is 32.0 Å². The highest BCUT2D eigenvalue weighted by atomic mass is 16.5. The molecule has 2 aliphatic heterocycles. The van der Waals surface area contributed by atoms with E-state index in [4.69, 9.17) is 4.74 Å². The molecule has 0 aromatic heterocycles. The molecular formula is C20H28N2O3. The minimum Gasteiger partial charge on any atom is -0.494 e. The largest absolute Gasteiger partial charge is 0.494 e. The van der Waals surface area contributed by atoms with Crippen molar-refractivity contribution < 1.29 is 14.3 Å². The Morgan fingerprint density at radius 1 is 1.00 bits per heavy atom. The van der Waals surface area contributed by atoms with E-state index in [0.717, 1.165) is 50.1 Å². The molecule has 1 aromatic rings. The van der Waals surface area contributed by atoms with Gasteiger partial charge < -0.3 is 14.5 Å². The lowest BCUT2D eigenvalue weighted by Crippen LogP contribution is -2.44. The van der Waals surface area contributed by atoms with Gasteiger partial charge in [0, 0.05) is 32.1 Å². The third-order valence-electron chi connectivity index (χ3n) is 5.20. The van der Waals surface area contributed by atoms with Crippen molar-refractivity contribution in [2.45, 2.75) is 39.0 Å². The van der Waals surface area contributed by atoms with Crippen LogP contribution in [0.15, 0.2) is 24.3 Å². The molecule has 3 rings (SSSR count). The molecule has 2 amide bonds. The standard InChI is InChI=1S/C20H28N2O3/c1-2-25-18-7-5-16(6-8-18)15-19(23)21-13-9-17(10-14-21)20(24)22-11-3-4-12-22/h5-8,17H,2-4,9-15H2,1H3. The highest BCUT2D eigenvalue weighted by molar-refractivity contribution is 5.81. The van der Waals surface area contributed by atoms with Crippen molar-refractivity contribution in [3.8, 4) is 5.75 Å². The number of carbonyl (C=O) groups is 2. The zero-order valence-corrected chi connectivity index (χ0v) is 15.1. The Labute approximate surface area is 149 Å². The Kier molecular flexibility index (Phi) is 5.95. The first-order valence-electron chi connectivity index (χ1n) is 9.45. The van der Waals surface area contributed by atoms with Crippen molar-refractivity contribution in [3.63, 3.8) is 0 Å². The third kappa shape index (κ3) is 4.53. The van der Waals surface area contributed by atoms with Crippen molar-refractivity contribution in [1.82, 2.24) is 9.80 Å². The smallest absolute Gasteiger partial charge is 0.226 e. The second kappa shape index (κ2) is 8.37. The van der Waals surface area contributed by atoms with E-state index < -0.39 is 0 Å². The lowest BCUT2D eigenvalue weighted by atomic mass is 9.95. The van der Waals surface area contributed by atoms with Crippen LogP contribution in [0.5, 0.6) is 5.75 Å². The summed E-state index contributed by atoms with van der Waals surface area (Å²) in [5.41, 5.74) is 1.00. The molecule has 5 nitrogen and oxygen atoms in total. The van der Waals surface area contributed by atoms with Crippen LogP contribution in [0.2, 0.25) is 0 Å². The van der Waals surface area contributed by atoms with E-state index in [1.165, 1.54) is 0 Å². The Balaban J connectivity index is 1.47. The third-order valence-corrected chi connectivity index (χ3v) is 5.20. The predicted octanol–water partition coefficient (Wildman–Crippen LogP) is 2.49. The first-order chi connectivity index (χ1) is 12.2. The monoisotopic (exact) mass is 344 g/mol. The molecule has 0 radical (unpaired) electrons. The van der Waals surface area contributed by atoms with Crippen molar-refractivity contribution in [2.75, 3.05) is 32.8 Å². The summed E-state index contributed by atoms with van der Waals surface area (Å²) in [6, 6.07) is 7.72. The summed E-state index contributed by atoms with van der Waals surface area (Å²) in [6.07, 6.45) is 4.27. The Bertz CT molecular complexity index is 585. The minimum atomic E-state index is 0.104. The maximum Gasteiger partial charge on any atom is 0.226 e. The van der Waals surface area contributed by atoms with Gasteiger partial charge in [0.2, 0.25) is 11.8 Å². The van der Waals surface area contributed by atoms with Gasteiger partial charge in [0.1, 0.15) is 5.75 Å². The molecule has 1 aromatic carbocycles. The van der Waals surface area contributed by atoms with Crippen LogP contribution in [0.3, 0.4) is 0 Å². The molecule has 0 N–H and O–H groups in total. The molecule has 2 saturated heterocycles. The van der Waals surface area contributed by atoms with E-state index in [-0.39, 0.29) is 11.8 Å². The quantitative estimate of drug-likeness (QED) is 0.825. The van der Waals surface area contributed by atoms with Crippen molar-refractivity contribution >= 4 is 11.8 Å². The Morgan fingerprint density at radius 2 is 1.64 bits per heavy atom. The summed E-state index contributed by atoms with van der Waals surface area (Å²) >= 11 is 0. The van der Waals surface area contributed by atoms with Gasteiger partial charge in [-0.05, 0) is 50.3 Å². The van der Waals surface area contributed by atoms with E-state index >= 15 is 0 Å². The van der Waals surface area contributed by atoms with Gasteiger partial charge in [-0.2, -0.15) is 0 Å². The van der Waals surface area contributed by atoms with Crippen LogP contribution in [0, 0.1) is 5.92 Å². The SMILES string of the molecule is CCOc1ccc(CC(=O)N2CCC(C(=O)N3CCCC3)CC2)cc1. The highest BCUT2D eigenvalue weighted by Crippen LogP contribution is 2.23. The molecule has 0 bridgehead atoms. The van der Waals surface area contributed by atoms with Gasteiger partial charge in [-0.3, -0.25) is 9.59 Å². The zero-order chi connectivity index (χ0) is 17.6. The van der Waals surface area contributed by atoms with Crippen LogP contribution < -0.4 is 4.74 Å². The van der Waals surface area contributed by atoms with Crippen LogP contribution >= 0.6 is 0 Å². The van der Waals surface area contributed by atoms with Gasteiger partial charge in [0.25, 0.3) is 0 Å². The first-order valence-corrected chi connectivity index (χ1v) is 9.45. The number of likely N-dealkylation sites (tertiary alicyclic amines) is 2. The normalized spacial score (nSPS) is 18.4. The summed E-state index contributed by atoms with van der Waals surface area (Å²) in [7, 11) is 0. The summed E-state index contributed by atoms with van der Waals surface area (Å²) < 4.78 is 5.43. The number of hydrogen-bond donors (Lipinski definition) is 0. The molecule has 0 spiro atoms. The van der Waals surface area contributed by atoms with E-state index in [2.05, 4.69) is 0 Å². The maximum atomic E-state index is 12.5. The number of ether oxygens (including phenoxy) is 1. The summed E-state index contributed by atoms with van der Waals surface area (Å²) in [5.74, 6) is 1.39. The zero-order valence-electron chi connectivity index (χ0n) is 15.1. The maximum absolute atomic E-state index is 12.5. The number of carbonyl (C=O) groups excluding carboxylic acids is 2. The number of nitrogens with zero attached hydrogens (tertiary/aromatic N) is 2. The number of piperidine rings is 1. The topological polar surface area (TPSA) is 49.9 Å². The highest BCUT2D eigenvalue weighted by Gasteiger charge is 2.31. The molecule has 2 heterocycles. The molecule has 25 heavy (non-hydrogen) atoms. The molecule has 136 valence electrons. The molecular weight excluding hydrogens is 316 g/mol. The Hall–Kier alpha value is -2.04. The van der Waals surface area contributed by atoms with Crippen molar-refractivity contribution in [3.05, 3.63) is 29.8 Å². The number of hydrogen-bond acceptors (Lipinski definition) is 3. The van der Waals surface area contributed by atoms with Gasteiger partial charge in [-0.15, -0.1) is 0 Å². The fourth-order valence-corrected chi connectivity index (χ4v) is 3.73. The molecule has 0 saturated carbocycles. The fraction of sp³-hybridized carbons (Fsp3) is 0.600. The van der Waals surface area contributed by atoms with Gasteiger partial charge in [0.15, 0.2) is 0 Å². The molecule has 2 aliphatic rings. The van der Waals surface area contributed by atoms with Gasteiger partial charge in [0.05, 0.1) is 13.0 Å². The summed E-state index contributed by atoms with van der Waals surface area (Å²) in [5, 5.41) is 0. The molecule has 2 fully saturated rings. The number of benzene rings is 1. The first kappa shape index (κ1) is 17.8. The van der Waals surface area contributed by atoms with Crippen LogP contribution in [0.25, 0.3) is 0 Å². The van der Waals surface area contributed by atoms with Gasteiger partial charge >= 0.3 is 0 Å². The van der Waals surface area contributed by atoms with Crippen LogP contribution in [-0.4, -0.2) is 54.4 Å². The molecule has 0 unspecified atom stereocenters. The second-order valence-corrected chi connectivity index (χ2v) is 6.94. The summed E-state index contributed by atoms with van der Waals surface area (Å²) in [4.78, 5) is 28.9. The van der Waals surface area contributed by atoms with Gasteiger partial charge in [-0.25, -0.2) is 0 Å². The molecule has 0 atom stereocenters. The molecule has 5 heteroatoms. The van der Waals surface area contributed by atoms with E-state index in [1.54, 1.807) is 0 Å². The Morgan fingerprint density at radius 3 is 2.24 bits per heavy atom. The molecule has 0 aliphatic carbocycles. The van der Waals surface area contributed by atoms with Crippen molar-refractivity contribution in [2.24, 2.45) is 5.92 Å². The number of amides is 2. The van der Waals surface area contributed by atoms with Crippen LogP contribution in [0.4, 0.5) is 0 Å². The lowest BCUT2D eigenvalue weighted by molar-refractivity contribution is -0.139. The van der Waals surface area contributed by atoms with E-state index in [1.807, 2.05) is 41.0 Å². The average molecular weight is 344 g/mol. The van der Waals surface area contributed by atoms with Crippen molar-refractivity contribution in [1.29, 1.82) is 0 Å². The number of rotatable bonds is 5. The second-order valence-electron chi connectivity index (χ2n) is 6.94. The van der Waals surface area contributed by atoms with Crippen LogP contribution in [0.1, 0.15) is 38.2 Å². The lowest BCUT2D eigenvalue weighted by Gasteiger charge is -2.33. The fourth-order valence-electron chi connectivity index (χ4n) is 3.73. The minimum absolute atomic E-state index is 0.104. The van der Waals surface area contributed by atoms with E-state index in [9.17, 15) is 9.59 Å². The predicted molar refractivity (Wildman–Crippen MR) is 96.4 cm³/mol. The average Bonchev–Trinajstić information content (AvgIpc) is 3.18. The van der Waals surface area contributed by atoms with Gasteiger partial charge in [-0.1, -0.05) is 12.1 Å². The van der Waals surface area contributed by atoms with Crippen LogP contribution in [-0.2, 0) is 16.0 Å².